The standard InChI is InChI=1S/C21H25N3O2/c1-4-24-14-16(11-20(24)25)13-23(3)21(26)19-7-5-6-17(12-19)18-8-9-22-15(2)10-18/h5-10,12,16H,4,11,13-14H2,1-3H3/t16-/m1/s1. The van der Waals surface area contributed by atoms with Crippen LogP contribution in [0, 0.1) is 12.8 Å². The summed E-state index contributed by atoms with van der Waals surface area (Å²) in [6.07, 6.45) is 2.31. The molecule has 0 bridgehead atoms. The Kier molecular flexibility index (Phi) is 5.35. The average Bonchev–Trinajstić information content (AvgIpc) is 3.00. The molecule has 3 rings (SSSR count). The Morgan fingerprint density at radius 3 is 2.73 bits per heavy atom. The molecule has 1 atom stereocenters. The number of rotatable bonds is 5. The summed E-state index contributed by atoms with van der Waals surface area (Å²) in [6.45, 7) is 6.01. The molecule has 5 heteroatoms. The van der Waals surface area contributed by atoms with Crippen LogP contribution in [0.1, 0.15) is 29.4 Å². The summed E-state index contributed by atoms with van der Waals surface area (Å²) in [5, 5.41) is 0. The Labute approximate surface area is 154 Å². The highest BCUT2D eigenvalue weighted by Gasteiger charge is 2.30. The summed E-state index contributed by atoms with van der Waals surface area (Å²) >= 11 is 0. The van der Waals surface area contributed by atoms with E-state index in [9.17, 15) is 9.59 Å². The van der Waals surface area contributed by atoms with Crippen molar-refractivity contribution >= 4 is 11.8 Å². The summed E-state index contributed by atoms with van der Waals surface area (Å²) in [4.78, 5) is 32.5. The molecule has 136 valence electrons. The van der Waals surface area contributed by atoms with E-state index in [4.69, 9.17) is 0 Å². The molecule has 0 N–H and O–H groups in total. The molecule has 0 unspecified atom stereocenters. The summed E-state index contributed by atoms with van der Waals surface area (Å²) in [7, 11) is 1.81. The molecule has 0 aliphatic carbocycles. The second kappa shape index (κ2) is 7.68. The predicted octanol–water partition coefficient (Wildman–Crippen LogP) is 3.00. The highest BCUT2D eigenvalue weighted by Crippen LogP contribution is 2.22. The molecule has 2 aromatic rings. The lowest BCUT2D eigenvalue weighted by atomic mass is 10.0. The van der Waals surface area contributed by atoms with E-state index in [1.807, 2.05) is 62.2 Å². The van der Waals surface area contributed by atoms with E-state index in [-0.39, 0.29) is 17.7 Å². The Morgan fingerprint density at radius 2 is 2.04 bits per heavy atom. The zero-order valence-electron chi connectivity index (χ0n) is 15.6. The summed E-state index contributed by atoms with van der Waals surface area (Å²) < 4.78 is 0. The molecule has 0 saturated carbocycles. The van der Waals surface area contributed by atoms with Gasteiger partial charge in [0.25, 0.3) is 5.91 Å². The highest BCUT2D eigenvalue weighted by molar-refractivity contribution is 5.95. The summed E-state index contributed by atoms with van der Waals surface area (Å²) in [5.41, 5.74) is 3.66. The Hall–Kier alpha value is -2.69. The van der Waals surface area contributed by atoms with Crippen molar-refractivity contribution in [2.45, 2.75) is 20.3 Å². The van der Waals surface area contributed by atoms with Crippen molar-refractivity contribution in [3.63, 3.8) is 0 Å². The van der Waals surface area contributed by atoms with Gasteiger partial charge >= 0.3 is 0 Å². The first-order chi connectivity index (χ1) is 12.5. The van der Waals surface area contributed by atoms with E-state index < -0.39 is 0 Å². The number of aromatic nitrogens is 1. The van der Waals surface area contributed by atoms with E-state index in [1.54, 1.807) is 11.1 Å². The number of carbonyl (C=O) groups excluding carboxylic acids is 2. The van der Waals surface area contributed by atoms with Gasteiger partial charge in [-0.05, 0) is 49.2 Å². The van der Waals surface area contributed by atoms with E-state index >= 15 is 0 Å². The van der Waals surface area contributed by atoms with Gasteiger partial charge in [-0.15, -0.1) is 0 Å². The van der Waals surface area contributed by atoms with Crippen LogP contribution in [0.2, 0.25) is 0 Å². The number of likely N-dealkylation sites (tertiary alicyclic amines) is 1. The zero-order valence-corrected chi connectivity index (χ0v) is 15.6. The molecule has 26 heavy (non-hydrogen) atoms. The highest BCUT2D eigenvalue weighted by atomic mass is 16.2. The second-order valence-corrected chi connectivity index (χ2v) is 6.95. The molecule has 0 spiro atoms. The molecule has 2 amide bonds. The summed E-state index contributed by atoms with van der Waals surface area (Å²) in [5.74, 6) is 0.385. The van der Waals surface area contributed by atoms with Gasteiger partial charge in [-0.2, -0.15) is 0 Å². The quantitative estimate of drug-likeness (QED) is 0.832. The van der Waals surface area contributed by atoms with Crippen molar-refractivity contribution in [3.05, 3.63) is 53.9 Å². The van der Waals surface area contributed by atoms with Crippen molar-refractivity contribution in [2.24, 2.45) is 5.92 Å². The van der Waals surface area contributed by atoms with E-state index in [0.29, 0.717) is 18.5 Å². The molecule has 1 saturated heterocycles. The van der Waals surface area contributed by atoms with Gasteiger partial charge < -0.3 is 9.80 Å². The number of aryl methyl sites for hydroxylation is 1. The van der Waals surface area contributed by atoms with Crippen molar-refractivity contribution in [1.82, 2.24) is 14.8 Å². The topological polar surface area (TPSA) is 53.5 Å². The van der Waals surface area contributed by atoms with Crippen LogP contribution in [0.15, 0.2) is 42.6 Å². The second-order valence-electron chi connectivity index (χ2n) is 6.95. The number of hydrogen-bond donors (Lipinski definition) is 0. The first-order valence-electron chi connectivity index (χ1n) is 9.04. The van der Waals surface area contributed by atoms with Gasteiger partial charge in [0.05, 0.1) is 0 Å². The predicted molar refractivity (Wildman–Crippen MR) is 102 cm³/mol. The van der Waals surface area contributed by atoms with Gasteiger partial charge in [-0.1, -0.05) is 12.1 Å². The minimum atomic E-state index is -0.0139. The van der Waals surface area contributed by atoms with E-state index in [2.05, 4.69) is 4.98 Å². The number of hydrogen-bond acceptors (Lipinski definition) is 3. The van der Waals surface area contributed by atoms with Gasteiger partial charge in [-0.25, -0.2) is 0 Å². The van der Waals surface area contributed by atoms with Crippen molar-refractivity contribution in [1.29, 1.82) is 0 Å². The number of nitrogens with zero attached hydrogens (tertiary/aromatic N) is 3. The maximum absolute atomic E-state index is 12.8. The molecular weight excluding hydrogens is 326 g/mol. The first-order valence-corrected chi connectivity index (χ1v) is 9.04. The van der Waals surface area contributed by atoms with E-state index in [1.165, 1.54) is 0 Å². The lowest BCUT2D eigenvalue weighted by molar-refractivity contribution is -0.127. The van der Waals surface area contributed by atoms with Gasteiger partial charge in [0.1, 0.15) is 0 Å². The normalized spacial score (nSPS) is 16.8. The molecule has 1 aliphatic rings. The third-order valence-corrected chi connectivity index (χ3v) is 4.89. The van der Waals surface area contributed by atoms with Gasteiger partial charge in [0.15, 0.2) is 0 Å². The molecule has 1 fully saturated rings. The number of amides is 2. The van der Waals surface area contributed by atoms with Crippen molar-refractivity contribution < 1.29 is 9.59 Å². The molecular formula is C21H25N3O2. The monoisotopic (exact) mass is 351 g/mol. The van der Waals surface area contributed by atoms with Crippen LogP contribution in [0.3, 0.4) is 0 Å². The molecule has 1 aliphatic heterocycles. The van der Waals surface area contributed by atoms with Gasteiger partial charge in [0.2, 0.25) is 5.91 Å². The smallest absolute Gasteiger partial charge is 0.253 e. The lowest BCUT2D eigenvalue weighted by Crippen LogP contribution is -2.33. The Bertz CT molecular complexity index is 818. The van der Waals surface area contributed by atoms with Crippen LogP contribution in [0.25, 0.3) is 11.1 Å². The summed E-state index contributed by atoms with van der Waals surface area (Å²) in [6, 6.07) is 11.6. The van der Waals surface area contributed by atoms with Gasteiger partial charge in [0, 0.05) is 56.5 Å². The first kappa shape index (κ1) is 18.1. The van der Waals surface area contributed by atoms with Crippen LogP contribution in [-0.2, 0) is 4.79 Å². The zero-order chi connectivity index (χ0) is 18.7. The third kappa shape index (κ3) is 3.93. The molecule has 2 heterocycles. The number of benzene rings is 1. The molecule has 5 nitrogen and oxygen atoms in total. The maximum atomic E-state index is 12.8. The van der Waals surface area contributed by atoms with Crippen LogP contribution < -0.4 is 0 Å². The fraction of sp³-hybridized carbons (Fsp3) is 0.381. The average molecular weight is 351 g/mol. The van der Waals surface area contributed by atoms with Crippen LogP contribution in [0.4, 0.5) is 0 Å². The van der Waals surface area contributed by atoms with Crippen molar-refractivity contribution in [3.8, 4) is 11.1 Å². The fourth-order valence-electron chi connectivity index (χ4n) is 3.53. The van der Waals surface area contributed by atoms with Crippen LogP contribution in [0.5, 0.6) is 0 Å². The molecule has 0 radical (unpaired) electrons. The molecule has 1 aromatic carbocycles. The van der Waals surface area contributed by atoms with Crippen molar-refractivity contribution in [2.75, 3.05) is 26.7 Å². The van der Waals surface area contributed by atoms with Crippen LogP contribution >= 0.6 is 0 Å². The van der Waals surface area contributed by atoms with Gasteiger partial charge in [-0.3, -0.25) is 14.6 Å². The van der Waals surface area contributed by atoms with Crippen LogP contribution in [-0.4, -0.2) is 53.3 Å². The largest absolute Gasteiger partial charge is 0.343 e. The lowest BCUT2D eigenvalue weighted by Gasteiger charge is -2.21. The Balaban J connectivity index is 1.71. The third-order valence-electron chi connectivity index (χ3n) is 4.89. The maximum Gasteiger partial charge on any atom is 0.253 e. The number of carbonyl (C=O) groups is 2. The Morgan fingerprint density at radius 1 is 1.27 bits per heavy atom. The SMILES string of the molecule is CCN1C[C@@H](CN(C)C(=O)c2cccc(-c3ccnc(C)c3)c2)CC1=O. The van der Waals surface area contributed by atoms with E-state index in [0.717, 1.165) is 29.9 Å². The molecule has 1 aromatic heterocycles. The fourth-order valence-corrected chi connectivity index (χ4v) is 3.53. The minimum absolute atomic E-state index is 0.0139. The minimum Gasteiger partial charge on any atom is -0.343 e. The number of pyridine rings is 1.